The summed E-state index contributed by atoms with van der Waals surface area (Å²) >= 11 is 0. The standard InChI is InChI=1S/C11H14N4.C6H12FNO2S/c12-11-13-7-9-5-6-10(15(9)14-11)8-3-1-2-4-8;1-11(9,10)8-4-2-3-6(7)5-8/h5-8H,1-4H2,(H2,12,14);6H,2-5H2,1H3. The number of fused-ring (bicyclic) bond motifs is 1. The highest BCUT2D eigenvalue weighted by molar-refractivity contribution is 7.88. The van der Waals surface area contributed by atoms with Crippen LogP contribution in [0.25, 0.3) is 5.52 Å². The first-order valence-corrected chi connectivity index (χ1v) is 10.9. The molecular formula is C17H26FN5O2S. The van der Waals surface area contributed by atoms with Crippen LogP contribution in [0.5, 0.6) is 0 Å². The summed E-state index contributed by atoms with van der Waals surface area (Å²) in [5, 5.41) is 4.26. The normalized spacial score (nSPS) is 22.3. The maximum absolute atomic E-state index is 12.7. The number of sulfonamides is 1. The molecule has 1 aliphatic heterocycles. The lowest BCUT2D eigenvalue weighted by atomic mass is 10.1. The first-order valence-electron chi connectivity index (χ1n) is 9.04. The molecule has 0 amide bonds. The van der Waals surface area contributed by atoms with E-state index in [0.717, 1.165) is 11.8 Å². The van der Waals surface area contributed by atoms with E-state index in [0.29, 0.717) is 31.3 Å². The van der Waals surface area contributed by atoms with Gasteiger partial charge in [-0.3, -0.25) is 0 Å². The number of hydrogen-bond donors (Lipinski definition) is 1. The van der Waals surface area contributed by atoms with Crippen LogP contribution in [0.15, 0.2) is 18.3 Å². The molecule has 2 aromatic heterocycles. The number of nitrogens with zero attached hydrogens (tertiary/aromatic N) is 4. The predicted molar refractivity (Wildman–Crippen MR) is 99.2 cm³/mol. The van der Waals surface area contributed by atoms with Crippen LogP contribution < -0.4 is 5.73 Å². The third-order valence-electron chi connectivity index (χ3n) is 5.01. The van der Waals surface area contributed by atoms with E-state index in [-0.39, 0.29) is 6.54 Å². The Balaban J connectivity index is 0.000000160. The maximum atomic E-state index is 12.7. The Hall–Kier alpha value is -1.74. The van der Waals surface area contributed by atoms with Crippen molar-refractivity contribution in [1.29, 1.82) is 0 Å². The summed E-state index contributed by atoms with van der Waals surface area (Å²) in [6.45, 7) is 0.512. The third kappa shape index (κ3) is 4.50. The molecule has 2 aliphatic rings. The number of halogens is 1. The van der Waals surface area contributed by atoms with Gasteiger partial charge in [0.05, 0.1) is 18.0 Å². The van der Waals surface area contributed by atoms with Crippen LogP contribution in [-0.4, -0.2) is 52.8 Å². The molecule has 1 unspecified atom stereocenters. The second-order valence-electron chi connectivity index (χ2n) is 7.05. The van der Waals surface area contributed by atoms with E-state index in [2.05, 4.69) is 22.2 Å². The van der Waals surface area contributed by atoms with Crippen molar-refractivity contribution in [3.8, 4) is 0 Å². The largest absolute Gasteiger partial charge is 0.367 e. The molecule has 1 saturated heterocycles. The number of nitrogens with two attached hydrogens (primary N) is 1. The van der Waals surface area contributed by atoms with Crippen molar-refractivity contribution in [3.05, 3.63) is 24.0 Å². The highest BCUT2D eigenvalue weighted by atomic mass is 32.2. The van der Waals surface area contributed by atoms with Crippen molar-refractivity contribution < 1.29 is 12.8 Å². The summed E-state index contributed by atoms with van der Waals surface area (Å²) in [7, 11) is -3.17. The minimum Gasteiger partial charge on any atom is -0.367 e. The van der Waals surface area contributed by atoms with Gasteiger partial charge in [-0.2, -0.15) is 4.31 Å². The fourth-order valence-corrected chi connectivity index (χ4v) is 4.55. The number of nitrogen functional groups attached to an aromatic ring is 1. The van der Waals surface area contributed by atoms with Crippen LogP contribution in [-0.2, 0) is 10.0 Å². The van der Waals surface area contributed by atoms with E-state index in [9.17, 15) is 12.8 Å². The zero-order chi connectivity index (χ0) is 18.7. The third-order valence-corrected chi connectivity index (χ3v) is 6.28. The van der Waals surface area contributed by atoms with Gasteiger partial charge >= 0.3 is 0 Å². The molecule has 144 valence electrons. The molecule has 1 aliphatic carbocycles. The van der Waals surface area contributed by atoms with Crippen molar-refractivity contribution in [1.82, 2.24) is 18.9 Å². The Morgan fingerprint density at radius 2 is 1.92 bits per heavy atom. The molecule has 0 spiro atoms. The quantitative estimate of drug-likeness (QED) is 0.859. The molecule has 1 saturated carbocycles. The Bertz CT molecular complexity index is 848. The summed E-state index contributed by atoms with van der Waals surface area (Å²) in [6, 6.07) is 4.21. The number of piperidine rings is 1. The highest BCUT2D eigenvalue weighted by Crippen LogP contribution is 2.34. The summed E-state index contributed by atoms with van der Waals surface area (Å²) < 4.78 is 37.6. The van der Waals surface area contributed by atoms with Crippen molar-refractivity contribution in [2.24, 2.45) is 0 Å². The Morgan fingerprint density at radius 3 is 2.54 bits per heavy atom. The summed E-state index contributed by atoms with van der Waals surface area (Å²) in [6.07, 6.45) is 8.26. The van der Waals surface area contributed by atoms with E-state index in [1.165, 1.54) is 35.7 Å². The number of alkyl halides is 1. The number of hydrogen-bond acceptors (Lipinski definition) is 5. The van der Waals surface area contributed by atoms with Gasteiger partial charge in [-0.1, -0.05) is 12.8 Å². The first-order chi connectivity index (χ1) is 12.3. The Morgan fingerprint density at radius 1 is 1.19 bits per heavy atom. The SMILES string of the molecule is CS(=O)(=O)N1CCCC(F)C1.Nc1ncc2ccc(C3CCCC3)n2n1. The number of rotatable bonds is 2. The van der Waals surface area contributed by atoms with Gasteiger partial charge in [-0.15, -0.1) is 5.10 Å². The van der Waals surface area contributed by atoms with Crippen molar-refractivity contribution >= 4 is 21.5 Å². The fraction of sp³-hybridized carbons (Fsp3) is 0.647. The van der Waals surface area contributed by atoms with Crippen LogP contribution >= 0.6 is 0 Å². The second kappa shape index (κ2) is 7.87. The molecule has 4 rings (SSSR count). The fourth-order valence-electron chi connectivity index (χ4n) is 3.66. The summed E-state index contributed by atoms with van der Waals surface area (Å²) in [5.41, 5.74) is 7.93. The molecule has 26 heavy (non-hydrogen) atoms. The smallest absolute Gasteiger partial charge is 0.238 e. The average Bonchev–Trinajstić information content (AvgIpc) is 3.23. The maximum Gasteiger partial charge on any atom is 0.238 e. The van der Waals surface area contributed by atoms with Gasteiger partial charge in [0.25, 0.3) is 0 Å². The van der Waals surface area contributed by atoms with Crippen LogP contribution in [0.3, 0.4) is 0 Å². The second-order valence-corrected chi connectivity index (χ2v) is 9.04. The van der Waals surface area contributed by atoms with Crippen molar-refractivity contribution in [3.63, 3.8) is 0 Å². The topological polar surface area (TPSA) is 93.6 Å². The lowest BCUT2D eigenvalue weighted by molar-refractivity contribution is 0.203. The number of aromatic nitrogens is 3. The lowest BCUT2D eigenvalue weighted by Crippen LogP contribution is -2.39. The van der Waals surface area contributed by atoms with E-state index < -0.39 is 16.2 Å². The van der Waals surface area contributed by atoms with E-state index in [1.807, 2.05) is 4.52 Å². The highest BCUT2D eigenvalue weighted by Gasteiger charge is 2.25. The molecule has 2 aromatic rings. The van der Waals surface area contributed by atoms with Gasteiger partial charge < -0.3 is 5.73 Å². The molecule has 0 radical (unpaired) electrons. The molecular weight excluding hydrogens is 357 g/mol. The summed E-state index contributed by atoms with van der Waals surface area (Å²) in [5.74, 6) is 1.000. The van der Waals surface area contributed by atoms with Crippen LogP contribution in [0.1, 0.15) is 50.1 Å². The van der Waals surface area contributed by atoms with Crippen LogP contribution in [0.2, 0.25) is 0 Å². The van der Waals surface area contributed by atoms with Gasteiger partial charge in [-0.05, 0) is 37.8 Å². The molecule has 1 atom stereocenters. The molecule has 2 N–H and O–H groups in total. The molecule has 9 heteroatoms. The zero-order valence-electron chi connectivity index (χ0n) is 15.0. The van der Waals surface area contributed by atoms with Gasteiger partial charge in [0.15, 0.2) is 0 Å². The van der Waals surface area contributed by atoms with Crippen LogP contribution in [0.4, 0.5) is 10.3 Å². The molecule has 2 fully saturated rings. The molecule has 7 nitrogen and oxygen atoms in total. The summed E-state index contributed by atoms with van der Waals surface area (Å²) in [4.78, 5) is 3.99. The minimum atomic E-state index is -3.17. The molecule has 0 aromatic carbocycles. The van der Waals surface area contributed by atoms with E-state index >= 15 is 0 Å². The van der Waals surface area contributed by atoms with Gasteiger partial charge in [0.1, 0.15) is 6.17 Å². The zero-order valence-corrected chi connectivity index (χ0v) is 15.8. The Labute approximate surface area is 153 Å². The van der Waals surface area contributed by atoms with Gasteiger partial charge in [0.2, 0.25) is 16.0 Å². The molecule has 0 bridgehead atoms. The van der Waals surface area contributed by atoms with Crippen molar-refractivity contribution in [2.45, 2.75) is 50.6 Å². The molecule has 3 heterocycles. The van der Waals surface area contributed by atoms with Crippen LogP contribution in [0, 0.1) is 0 Å². The minimum absolute atomic E-state index is 0.0405. The van der Waals surface area contributed by atoms with Gasteiger partial charge in [-0.25, -0.2) is 22.3 Å². The van der Waals surface area contributed by atoms with E-state index in [1.54, 1.807) is 6.20 Å². The lowest BCUT2D eigenvalue weighted by Gasteiger charge is -2.26. The Kier molecular flexibility index (Phi) is 5.76. The predicted octanol–water partition coefficient (Wildman–Crippen LogP) is 2.35. The van der Waals surface area contributed by atoms with Crippen molar-refractivity contribution in [2.75, 3.05) is 25.1 Å². The number of anilines is 1. The first kappa shape index (κ1) is 19.0. The monoisotopic (exact) mass is 383 g/mol. The average molecular weight is 383 g/mol. The van der Waals surface area contributed by atoms with E-state index in [4.69, 9.17) is 5.73 Å². The van der Waals surface area contributed by atoms with Gasteiger partial charge in [0, 0.05) is 24.7 Å².